The highest BCUT2D eigenvalue weighted by atomic mass is 15.2. The van der Waals surface area contributed by atoms with Crippen molar-refractivity contribution < 1.29 is 0 Å². The maximum atomic E-state index is 5.24. The molecule has 5 heteroatoms. The molecule has 0 radical (unpaired) electrons. The first kappa shape index (κ1) is 25.7. The molecule has 0 N–H and O–H groups in total. The highest BCUT2D eigenvalue weighted by molar-refractivity contribution is 6.01. The van der Waals surface area contributed by atoms with Crippen molar-refractivity contribution in [1.29, 1.82) is 0 Å². The van der Waals surface area contributed by atoms with Crippen molar-refractivity contribution in [2.45, 2.75) is 6.92 Å². The summed E-state index contributed by atoms with van der Waals surface area (Å²) in [4.78, 5) is 14.7. The number of hydrogen-bond donors (Lipinski definition) is 0. The highest BCUT2D eigenvalue weighted by Crippen LogP contribution is 2.36. The van der Waals surface area contributed by atoms with Gasteiger partial charge in [0.25, 0.3) is 0 Å². The SMILES string of the molecule is Cc1c(-c2cccc(-c3nc(-c4ccccc4)nc(-c4ccccc4)n3)c2)nn2c(-c3ccccc3)cc3ccccc3c12. The summed E-state index contributed by atoms with van der Waals surface area (Å²) in [5, 5.41) is 7.60. The Kier molecular flexibility index (Phi) is 6.27. The molecule has 0 fully saturated rings. The van der Waals surface area contributed by atoms with E-state index in [9.17, 15) is 0 Å². The van der Waals surface area contributed by atoms with Crippen LogP contribution in [0.25, 0.3) is 73.0 Å². The van der Waals surface area contributed by atoms with Crippen LogP contribution < -0.4 is 0 Å². The minimum absolute atomic E-state index is 0.622. The van der Waals surface area contributed by atoms with E-state index >= 15 is 0 Å². The van der Waals surface area contributed by atoms with Gasteiger partial charge >= 0.3 is 0 Å². The molecule has 0 saturated carbocycles. The van der Waals surface area contributed by atoms with Gasteiger partial charge in [-0.1, -0.05) is 133 Å². The number of nitrogens with zero attached hydrogens (tertiary/aromatic N) is 5. The topological polar surface area (TPSA) is 56.0 Å². The summed E-state index contributed by atoms with van der Waals surface area (Å²) in [6, 6.07) is 49.7. The molecule has 3 aromatic heterocycles. The van der Waals surface area contributed by atoms with Crippen LogP contribution in [0.5, 0.6) is 0 Å². The van der Waals surface area contributed by atoms with Crippen LogP contribution in [-0.2, 0) is 0 Å². The van der Waals surface area contributed by atoms with Crippen molar-refractivity contribution >= 4 is 16.3 Å². The van der Waals surface area contributed by atoms with Gasteiger partial charge in [0.2, 0.25) is 0 Å². The first-order valence-corrected chi connectivity index (χ1v) is 14.7. The minimum Gasteiger partial charge on any atom is -0.232 e. The first-order valence-electron chi connectivity index (χ1n) is 14.7. The predicted molar refractivity (Wildman–Crippen MR) is 178 cm³/mol. The second-order valence-corrected chi connectivity index (χ2v) is 10.8. The van der Waals surface area contributed by atoms with Gasteiger partial charge in [-0.2, -0.15) is 5.10 Å². The molecule has 208 valence electrons. The Labute approximate surface area is 255 Å². The second kappa shape index (κ2) is 10.7. The molecule has 0 aliphatic heterocycles. The fraction of sp³-hybridized carbons (Fsp3) is 0.0256. The Balaban J connectivity index is 1.32. The maximum Gasteiger partial charge on any atom is 0.164 e. The van der Waals surface area contributed by atoms with Gasteiger partial charge in [0, 0.05) is 38.8 Å². The zero-order chi connectivity index (χ0) is 29.5. The van der Waals surface area contributed by atoms with E-state index in [4.69, 9.17) is 20.1 Å². The summed E-state index contributed by atoms with van der Waals surface area (Å²) >= 11 is 0. The van der Waals surface area contributed by atoms with Crippen molar-refractivity contribution in [3.63, 3.8) is 0 Å². The number of aryl methyl sites for hydroxylation is 1. The summed E-state index contributed by atoms with van der Waals surface area (Å²) in [5.74, 6) is 1.90. The maximum absolute atomic E-state index is 5.24. The Morgan fingerprint density at radius 1 is 0.455 bits per heavy atom. The molecule has 0 atom stereocenters. The van der Waals surface area contributed by atoms with Crippen LogP contribution in [0.2, 0.25) is 0 Å². The van der Waals surface area contributed by atoms with E-state index in [-0.39, 0.29) is 0 Å². The predicted octanol–water partition coefficient (Wildman–Crippen LogP) is 9.32. The van der Waals surface area contributed by atoms with Crippen molar-refractivity contribution in [3.05, 3.63) is 151 Å². The third-order valence-electron chi connectivity index (χ3n) is 8.02. The van der Waals surface area contributed by atoms with Gasteiger partial charge < -0.3 is 0 Å². The fourth-order valence-electron chi connectivity index (χ4n) is 5.87. The number of rotatable bonds is 5. The summed E-state index contributed by atoms with van der Waals surface area (Å²) in [5.41, 5.74) is 9.16. The molecule has 8 aromatic rings. The molecule has 0 saturated heterocycles. The summed E-state index contributed by atoms with van der Waals surface area (Å²) < 4.78 is 2.10. The molecule has 8 rings (SSSR count). The van der Waals surface area contributed by atoms with Crippen LogP contribution in [0.4, 0.5) is 0 Å². The molecule has 44 heavy (non-hydrogen) atoms. The lowest BCUT2D eigenvalue weighted by Gasteiger charge is -2.09. The van der Waals surface area contributed by atoms with Crippen LogP contribution in [-0.4, -0.2) is 24.6 Å². The quantitative estimate of drug-likeness (QED) is 0.209. The molecular formula is C39H27N5. The zero-order valence-electron chi connectivity index (χ0n) is 24.1. The Morgan fingerprint density at radius 3 is 1.59 bits per heavy atom. The normalized spacial score (nSPS) is 11.3. The molecule has 0 spiro atoms. The summed E-state index contributed by atoms with van der Waals surface area (Å²) in [6.07, 6.45) is 0. The first-order chi connectivity index (χ1) is 21.7. The van der Waals surface area contributed by atoms with Gasteiger partial charge in [-0.05, 0) is 24.4 Å². The smallest absolute Gasteiger partial charge is 0.164 e. The van der Waals surface area contributed by atoms with Crippen molar-refractivity contribution in [2.24, 2.45) is 0 Å². The molecule has 5 aromatic carbocycles. The average Bonchev–Trinajstić information content (AvgIpc) is 3.46. The van der Waals surface area contributed by atoms with Gasteiger partial charge in [0.1, 0.15) is 0 Å². The number of aromatic nitrogens is 5. The van der Waals surface area contributed by atoms with Crippen molar-refractivity contribution in [2.75, 3.05) is 0 Å². The molecule has 3 heterocycles. The van der Waals surface area contributed by atoms with E-state index in [2.05, 4.69) is 90.3 Å². The van der Waals surface area contributed by atoms with E-state index in [1.165, 1.54) is 10.8 Å². The third kappa shape index (κ3) is 4.52. The van der Waals surface area contributed by atoms with E-state index in [1.54, 1.807) is 0 Å². The molecular weight excluding hydrogens is 538 g/mol. The summed E-state index contributed by atoms with van der Waals surface area (Å²) in [7, 11) is 0. The van der Waals surface area contributed by atoms with E-state index < -0.39 is 0 Å². The van der Waals surface area contributed by atoms with Gasteiger partial charge in [0.15, 0.2) is 17.5 Å². The standard InChI is InChI=1S/C39H27N5/c1-26-35(43-44-34(27-14-5-2-6-15-27)25-30-20-11-12-23-33(30)36(26)44)31-21-13-22-32(24-31)39-41-37(28-16-7-3-8-17-28)40-38(42-39)29-18-9-4-10-19-29/h2-25H,1H3. The zero-order valence-corrected chi connectivity index (χ0v) is 24.1. The van der Waals surface area contributed by atoms with Crippen LogP contribution in [0.15, 0.2) is 146 Å². The van der Waals surface area contributed by atoms with E-state index in [1.807, 2.05) is 66.7 Å². The monoisotopic (exact) mass is 565 g/mol. The fourth-order valence-corrected chi connectivity index (χ4v) is 5.87. The lowest BCUT2D eigenvalue weighted by molar-refractivity contribution is 0.979. The van der Waals surface area contributed by atoms with Crippen LogP contribution >= 0.6 is 0 Å². The van der Waals surface area contributed by atoms with Gasteiger partial charge in [-0.3, -0.25) is 0 Å². The van der Waals surface area contributed by atoms with E-state index in [0.29, 0.717) is 17.5 Å². The van der Waals surface area contributed by atoms with E-state index in [0.717, 1.165) is 50.3 Å². The Hall–Kier alpha value is -5.94. The van der Waals surface area contributed by atoms with Gasteiger partial charge in [-0.15, -0.1) is 0 Å². The third-order valence-corrected chi connectivity index (χ3v) is 8.02. The van der Waals surface area contributed by atoms with Crippen LogP contribution in [0.3, 0.4) is 0 Å². The summed E-state index contributed by atoms with van der Waals surface area (Å²) in [6.45, 7) is 2.16. The molecule has 0 unspecified atom stereocenters. The molecule has 0 aliphatic rings. The Morgan fingerprint density at radius 2 is 0.955 bits per heavy atom. The van der Waals surface area contributed by atoms with Gasteiger partial charge in [-0.25, -0.2) is 19.5 Å². The van der Waals surface area contributed by atoms with Crippen molar-refractivity contribution in [1.82, 2.24) is 24.6 Å². The number of fused-ring (bicyclic) bond motifs is 3. The molecule has 0 amide bonds. The number of hydrogen-bond acceptors (Lipinski definition) is 4. The molecule has 5 nitrogen and oxygen atoms in total. The van der Waals surface area contributed by atoms with Crippen LogP contribution in [0.1, 0.15) is 5.56 Å². The highest BCUT2D eigenvalue weighted by Gasteiger charge is 2.19. The van der Waals surface area contributed by atoms with Crippen molar-refractivity contribution in [3.8, 4) is 56.7 Å². The lowest BCUT2D eigenvalue weighted by atomic mass is 10.0. The Bertz CT molecular complexity index is 2220. The number of pyridine rings is 1. The molecule has 0 bridgehead atoms. The van der Waals surface area contributed by atoms with Crippen LogP contribution in [0, 0.1) is 6.92 Å². The number of benzene rings is 5. The molecule has 0 aliphatic carbocycles. The average molecular weight is 566 g/mol. The minimum atomic E-state index is 0.622. The largest absolute Gasteiger partial charge is 0.232 e. The van der Waals surface area contributed by atoms with Gasteiger partial charge in [0.05, 0.1) is 16.9 Å². The lowest BCUT2D eigenvalue weighted by Crippen LogP contribution is -2.00. The second-order valence-electron chi connectivity index (χ2n) is 10.8.